The summed E-state index contributed by atoms with van der Waals surface area (Å²) < 4.78 is 14.8. The first kappa shape index (κ1) is 16.7. The molecule has 1 aromatic rings. The van der Waals surface area contributed by atoms with E-state index in [1.54, 1.807) is 12.1 Å². The van der Waals surface area contributed by atoms with Crippen LogP contribution in [0.4, 0.5) is 5.69 Å². The van der Waals surface area contributed by atoms with Crippen molar-refractivity contribution in [1.82, 2.24) is 0 Å². The van der Waals surface area contributed by atoms with Gasteiger partial charge in [0.05, 0.1) is 4.92 Å². The van der Waals surface area contributed by atoms with Crippen molar-refractivity contribution in [1.29, 1.82) is 0 Å². The van der Waals surface area contributed by atoms with E-state index in [0.29, 0.717) is 12.5 Å². The highest BCUT2D eigenvalue weighted by atomic mass is 31.1. The SMILES string of the molecule is CC(CCCCCO[P+](=O)O)c1ccc([N+](=O)[O-])cc1. The summed E-state index contributed by atoms with van der Waals surface area (Å²) in [6.07, 6.45) is 3.65. The van der Waals surface area contributed by atoms with Crippen LogP contribution in [0.2, 0.25) is 0 Å². The number of benzene rings is 1. The molecule has 6 nitrogen and oxygen atoms in total. The van der Waals surface area contributed by atoms with E-state index in [4.69, 9.17) is 4.89 Å². The Morgan fingerprint density at radius 1 is 1.30 bits per heavy atom. The summed E-state index contributed by atoms with van der Waals surface area (Å²) in [5.74, 6) is 0.339. The van der Waals surface area contributed by atoms with Crippen molar-refractivity contribution in [3.8, 4) is 0 Å². The molecule has 0 bridgehead atoms. The van der Waals surface area contributed by atoms with Gasteiger partial charge in [0.15, 0.2) is 0 Å². The molecule has 0 spiro atoms. The number of hydrogen-bond donors (Lipinski definition) is 1. The molecule has 0 saturated heterocycles. The highest BCUT2D eigenvalue weighted by Crippen LogP contribution is 2.24. The maximum atomic E-state index is 10.6. The summed E-state index contributed by atoms with van der Waals surface area (Å²) in [6, 6.07) is 6.64. The molecular weight excluding hydrogens is 281 g/mol. The summed E-state index contributed by atoms with van der Waals surface area (Å²) in [4.78, 5) is 18.6. The molecule has 1 rings (SSSR count). The van der Waals surface area contributed by atoms with E-state index in [1.807, 2.05) is 0 Å². The molecule has 0 aliphatic heterocycles. The maximum Gasteiger partial charge on any atom is 0.694 e. The summed E-state index contributed by atoms with van der Waals surface area (Å²) in [5, 5.41) is 10.6. The Morgan fingerprint density at radius 2 is 1.95 bits per heavy atom. The molecule has 0 fully saturated rings. The third kappa shape index (κ3) is 6.19. The second-order valence-electron chi connectivity index (χ2n) is 4.67. The first-order valence-electron chi connectivity index (χ1n) is 6.54. The summed E-state index contributed by atoms with van der Waals surface area (Å²) in [7, 11) is -2.48. The fourth-order valence-electron chi connectivity index (χ4n) is 1.96. The van der Waals surface area contributed by atoms with Gasteiger partial charge in [-0.25, -0.2) is 0 Å². The number of nitro benzene ring substituents is 1. The highest BCUT2D eigenvalue weighted by Gasteiger charge is 2.11. The molecule has 2 atom stereocenters. The topological polar surface area (TPSA) is 89.7 Å². The van der Waals surface area contributed by atoms with E-state index < -0.39 is 13.2 Å². The predicted octanol–water partition coefficient (Wildman–Crippen LogP) is 3.93. The molecule has 1 aromatic carbocycles. The van der Waals surface area contributed by atoms with Crippen LogP contribution in [0, 0.1) is 10.1 Å². The van der Waals surface area contributed by atoms with Crippen LogP contribution in [0.3, 0.4) is 0 Å². The number of nitro groups is 1. The van der Waals surface area contributed by atoms with Crippen molar-refractivity contribution in [3.05, 3.63) is 39.9 Å². The van der Waals surface area contributed by atoms with E-state index in [9.17, 15) is 14.7 Å². The molecule has 1 N–H and O–H groups in total. The Hall–Kier alpha value is -1.36. The quantitative estimate of drug-likeness (QED) is 0.323. The van der Waals surface area contributed by atoms with Crippen LogP contribution < -0.4 is 0 Å². The molecule has 7 heteroatoms. The van der Waals surface area contributed by atoms with Crippen molar-refractivity contribution in [3.63, 3.8) is 0 Å². The largest absolute Gasteiger partial charge is 0.694 e. The number of unbranched alkanes of at least 4 members (excludes halogenated alkanes) is 2. The molecule has 0 aliphatic carbocycles. The third-order valence-electron chi connectivity index (χ3n) is 3.16. The lowest BCUT2D eigenvalue weighted by molar-refractivity contribution is -0.384. The Morgan fingerprint density at radius 3 is 2.50 bits per heavy atom. The Bertz CT molecular complexity index is 449. The second kappa shape index (κ2) is 8.74. The number of non-ortho nitro benzene ring substituents is 1. The maximum absolute atomic E-state index is 10.6. The molecule has 0 radical (unpaired) electrons. The van der Waals surface area contributed by atoms with Crippen LogP contribution in [0.1, 0.15) is 44.1 Å². The van der Waals surface area contributed by atoms with Crippen LogP contribution in [-0.4, -0.2) is 16.4 Å². The van der Waals surface area contributed by atoms with Crippen molar-refractivity contribution in [2.75, 3.05) is 6.61 Å². The molecule has 0 saturated carbocycles. The smallest absolute Gasteiger partial charge is 0.258 e. The van der Waals surface area contributed by atoms with Crippen molar-refractivity contribution < 1.29 is 18.9 Å². The van der Waals surface area contributed by atoms with Crippen molar-refractivity contribution in [2.45, 2.75) is 38.5 Å². The van der Waals surface area contributed by atoms with Gasteiger partial charge in [-0.1, -0.05) is 31.9 Å². The van der Waals surface area contributed by atoms with Gasteiger partial charge in [-0.3, -0.25) is 10.1 Å². The lowest BCUT2D eigenvalue weighted by atomic mass is 9.95. The van der Waals surface area contributed by atoms with Crippen LogP contribution in [0.5, 0.6) is 0 Å². The van der Waals surface area contributed by atoms with Gasteiger partial charge < -0.3 is 0 Å². The van der Waals surface area contributed by atoms with E-state index in [-0.39, 0.29) is 5.69 Å². The minimum absolute atomic E-state index is 0.108. The number of hydrogen-bond acceptors (Lipinski definition) is 4. The van der Waals surface area contributed by atoms with Crippen LogP contribution >= 0.6 is 8.25 Å². The van der Waals surface area contributed by atoms with E-state index in [2.05, 4.69) is 11.4 Å². The monoisotopic (exact) mass is 300 g/mol. The van der Waals surface area contributed by atoms with Gasteiger partial charge in [0.2, 0.25) is 0 Å². The molecule has 0 heterocycles. The van der Waals surface area contributed by atoms with Crippen molar-refractivity contribution in [2.24, 2.45) is 0 Å². The van der Waals surface area contributed by atoms with E-state index in [1.165, 1.54) is 12.1 Å². The molecule has 0 aromatic heterocycles. The Labute approximate surface area is 118 Å². The first-order chi connectivity index (χ1) is 9.50. The third-order valence-corrected chi connectivity index (χ3v) is 3.56. The van der Waals surface area contributed by atoms with Gasteiger partial charge in [0.25, 0.3) is 5.69 Å². The van der Waals surface area contributed by atoms with Gasteiger partial charge >= 0.3 is 8.25 Å². The lowest BCUT2D eigenvalue weighted by Crippen LogP contribution is -1.95. The predicted molar refractivity (Wildman–Crippen MR) is 75.8 cm³/mol. The molecule has 2 unspecified atom stereocenters. The van der Waals surface area contributed by atoms with Gasteiger partial charge in [0, 0.05) is 16.7 Å². The van der Waals surface area contributed by atoms with E-state index >= 15 is 0 Å². The fraction of sp³-hybridized carbons (Fsp3) is 0.538. The highest BCUT2D eigenvalue weighted by molar-refractivity contribution is 7.32. The molecular formula is C13H19NO5P+. The van der Waals surface area contributed by atoms with Gasteiger partial charge in [-0.15, -0.1) is 9.42 Å². The number of rotatable bonds is 9. The normalized spacial score (nSPS) is 13.0. The zero-order valence-electron chi connectivity index (χ0n) is 11.4. The summed E-state index contributed by atoms with van der Waals surface area (Å²) in [6.45, 7) is 2.39. The summed E-state index contributed by atoms with van der Waals surface area (Å²) in [5.41, 5.74) is 1.20. The van der Waals surface area contributed by atoms with Crippen LogP contribution in [0.25, 0.3) is 0 Å². The lowest BCUT2D eigenvalue weighted by Gasteiger charge is -2.11. The van der Waals surface area contributed by atoms with Crippen LogP contribution in [-0.2, 0) is 9.09 Å². The van der Waals surface area contributed by atoms with Gasteiger partial charge in [0.1, 0.15) is 6.61 Å². The van der Waals surface area contributed by atoms with E-state index in [0.717, 1.165) is 31.2 Å². The minimum atomic E-state index is -2.48. The fourth-order valence-corrected chi connectivity index (χ4v) is 2.25. The zero-order valence-corrected chi connectivity index (χ0v) is 12.3. The molecule has 0 aliphatic rings. The average Bonchev–Trinajstić information content (AvgIpc) is 2.42. The minimum Gasteiger partial charge on any atom is -0.258 e. The second-order valence-corrected chi connectivity index (χ2v) is 5.40. The first-order valence-corrected chi connectivity index (χ1v) is 7.67. The standard InChI is InChI=1S/C13H18NO5P/c1-11(5-3-2-4-10-19-20(17)18)12-6-8-13(9-7-12)14(15)16/h6-9,11H,2-5,10H2,1H3/p+1. The average molecular weight is 300 g/mol. The molecule has 20 heavy (non-hydrogen) atoms. The Balaban J connectivity index is 2.26. The Kier molecular flexibility index (Phi) is 7.30. The van der Waals surface area contributed by atoms with Crippen molar-refractivity contribution >= 4 is 13.9 Å². The molecule has 110 valence electrons. The number of nitrogens with zero attached hydrogens (tertiary/aromatic N) is 1. The summed E-state index contributed by atoms with van der Waals surface area (Å²) >= 11 is 0. The van der Waals surface area contributed by atoms with Gasteiger partial charge in [-0.05, 0) is 24.3 Å². The van der Waals surface area contributed by atoms with Gasteiger partial charge in [-0.2, -0.15) is 0 Å². The van der Waals surface area contributed by atoms with Crippen LogP contribution in [0.15, 0.2) is 24.3 Å². The molecule has 0 amide bonds. The zero-order chi connectivity index (χ0) is 15.0.